The van der Waals surface area contributed by atoms with Gasteiger partial charge in [-0.05, 0) is 25.5 Å². The fourth-order valence-electron chi connectivity index (χ4n) is 1.86. The first-order valence-corrected chi connectivity index (χ1v) is 7.16. The summed E-state index contributed by atoms with van der Waals surface area (Å²) in [4.78, 5) is 35.0. The van der Waals surface area contributed by atoms with E-state index in [2.05, 4.69) is 10.6 Å². The summed E-state index contributed by atoms with van der Waals surface area (Å²) >= 11 is 0. The molecule has 1 heterocycles. The maximum Gasteiger partial charge on any atom is 0.292 e. The maximum absolute atomic E-state index is 12.2. The average Bonchev–Trinajstić information content (AvgIpc) is 2.92. The van der Waals surface area contributed by atoms with Crippen LogP contribution in [0.2, 0.25) is 0 Å². The van der Waals surface area contributed by atoms with Crippen molar-refractivity contribution in [3.05, 3.63) is 59.0 Å². The largest absolute Gasteiger partial charge is 0.361 e. The normalized spacial score (nSPS) is 10.6. The van der Waals surface area contributed by atoms with Gasteiger partial charge in [-0.2, -0.15) is 0 Å². The quantitative estimate of drug-likeness (QED) is 0.665. The van der Waals surface area contributed by atoms with Crippen molar-refractivity contribution in [2.45, 2.75) is 13.8 Å². The van der Waals surface area contributed by atoms with Crippen LogP contribution < -0.4 is 5.43 Å². The fraction of sp³-hybridized carbons (Fsp3) is 0.176. The summed E-state index contributed by atoms with van der Waals surface area (Å²) in [5, 5.41) is 4.50. The average molecular weight is 326 g/mol. The van der Waals surface area contributed by atoms with Crippen molar-refractivity contribution < 1.29 is 18.9 Å². The zero-order valence-electron chi connectivity index (χ0n) is 13.3. The molecule has 0 atom stereocenters. The molecule has 1 N–H and O–H groups in total. The Kier molecular flexibility index (Phi) is 5.62. The molecule has 0 aliphatic carbocycles. The third kappa shape index (κ3) is 4.16. The van der Waals surface area contributed by atoms with E-state index in [1.807, 2.05) is 30.3 Å². The van der Waals surface area contributed by atoms with Crippen LogP contribution in [0.15, 0.2) is 40.9 Å². The van der Waals surface area contributed by atoms with Crippen molar-refractivity contribution in [1.82, 2.24) is 15.6 Å². The van der Waals surface area contributed by atoms with Crippen molar-refractivity contribution in [3.8, 4) is 0 Å². The molecular weight excluding hydrogens is 310 g/mol. The minimum Gasteiger partial charge on any atom is -0.361 e. The standard InChI is InChI=1S/C17H16N3O4/c1-12-13(2)24-19-16(12)17(23)18-20(10-11-21)15(22)9-8-14-6-4-3-5-7-14/h3-9H,10H2,1-2H3,(H,18,23). The molecule has 7 nitrogen and oxygen atoms in total. The second kappa shape index (κ2) is 7.87. The van der Waals surface area contributed by atoms with Crippen molar-refractivity contribution in [2.75, 3.05) is 6.54 Å². The summed E-state index contributed by atoms with van der Waals surface area (Å²) in [5.41, 5.74) is 3.77. The minimum absolute atomic E-state index is 0.0586. The van der Waals surface area contributed by atoms with E-state index < -0.39 is 18.4 Å². The predicted octanol–water partition coefficient (Wildman–Crippen LogP) is 1.59. The highest BCUT2D eigenvalue weighted by atomic mass is 16.5. The number of nitrogens with one attached hydrogen (secondary N) is 1. The monoisotopic (exact) mass is 326 g/mol. The van der Waals surface area contributed by atoms with Crippen LogP contribution in [0.1, 0.15) is 27.4 Å². The molecule has 2 amide bonds. The Morgan fingerprint density at radius 1 is 1.29 bits per heavy atom. The highest BCUT2D eigenvalue weighted by Crippen LogP contribution is 2.11. The molecule has 1 aromatic heterocycles. The van der Waals surface area contributed by atoms with Crippen LogP contribution in [0.4, 0.5) is 0 Å². The first-order valence-electron chi connectivity index (χ1n) is 7.16. The van der Waals surface area contributed by atoms with Crippen LogP contribution in [0.25, 0.3) is 6.08 Å². The number of amides is 2. The molecule has 1 radical (unpaired) electrons. The summed E-state index contributed by atoms with van der Waals surface area (Å²) in [6, 6.07) is 9.16. The number of carbonyl (C=O) groups excluding carboxylic acids is 3. The van der Waals surface area contributed by atoms with Gasteiger partial charge in [-0.15, -0.1) is 0 Å². The Morgan fingerprint density at radius 3 is 2.58 bits per heavy atom. The summed E-state index contributed by atoms with van der Waals surface area (Å²) in [7, 11) is 0. The molecule has 123 valence electrons. The molecule has 0 saturated carbocycles. The van der Waals surface area contributed by atoms with Gasteiger partial charge in [0.05, 0.1) is 0 Å². The van der Waals surface area contributed by atoms with E-state index in [-0.39, 0.29) is 5.69 Å². The van der Waals surface area contributed by atoms with Crippen molar-refractivity contribution in [1.29, 1.82) is 0 Å². The van der Waals surface area contributed by atoms with Crippen molar-refractivity contribution in [3.63, 3.8) is 0 Å². The first-order chi connectivity index (χ1) is 11.5. The fourth-order valence-corrected chi connectivity index (χ4v) is 1.86. The first kappa shape index (κ1) is 17.1. The van der Waals surface area contributed by atoms with E-state index in [0.29, 0.717) is 11.3 Å². The molecule has 0 saturated heterocycles. The lowest BCUT2D eigenvalue weighted by molar-refractivity contribution is -0.127. The molecule has 2 aromatic rings. The molecular formula is C17H16N3O4. The Bertz CT molecular complexity index is 765. The molecule has 2 rings (SSSR count). The lowest BCUT2D eigenvalue weighted by Gasteiger charge is -2.18. The summed E-state index contributed by atoms with van der Waals surface area (Å²) in [6.07, 6.45) is 4.43. The highest BCUT2D eigenvalue weighted by Gasteiger charge is 2.20. The lowest BCUT2D eigenvalue weighted by Crippen LogP contribution is -2.46. The van der Waals surface area contributed by atoms with Gasteiger partial charge in [-0.3, -0.25) is 19.8 Å². The van der Waals surface area contributed by atoms with E-state index in [0.717, 1.165) is 10.6 Å². The number of rotatable bonds is 5. The van der Waals surface area contributed by atoms with Gasteiger partial charge in [0.15, 0.2) is 5.69 Å². The van der Waals surface area contributed by atoms with E-state index in [4.69, 9.17) is 4.52 Å². The number of nitrogens with zero attached hydrogens (tertiary/aromatic N) is 2. The van der Waals surface area contributed by atoms with Crippen LogP contribution in [0.3, 0.4) is 0 Å². The summed E-state index contributed by atoms with van der Waals surface area (Å²) in [6.45, 7) is 2.94. The van der Waals surface area contributed by atoms with E-state index >= 15 is 0 Å². The molecule has 0 unspecified atom stereocenters. The van der Waals surface area contributed by atoms with Crippen LogP contribution in [0.5, 0.6) is 0 Å². The second-order valence-electron chi connectivity index (χ2n) is 4.97. The summed E-state index contributed by atoms with van der Waals surface area (Å²) in [5.74, 6) is -0.696. The van der Waals surface area contributed by atoms with Crippen molar-refractivity contribution in [2.24, 2.45) is 0 Å². The number of hydrazine groups is 1. The predicted molar refractivity (Wildman–Crippen MR) is 86.3 cm³/mol. The van der Waals surface area contributed by atoms with Gasteiger partial charge in [0.25, 0.3) is 11.8 Å². The highest BCUT2D eigenvalue weighted by molar-refractivity contribution is 5.98. The Hall–Kier alpha value is -3.22. The Balaban J connectivity index is 2.09. The van der Waals surface area contributed by atoms with Crippen LogP contribution in [-0.2, 0) is 9.59 Å². The maximum atomic E-state index is 12.2. The molecule has 0 aliphatic heterocycles. The molecule has 0 bridgehead atoms. The third-order valence-corrected chi connectivity index (χ3v) is 3.32. The van der Waals surface area contributed by atoms with Crippen LogP contribution in [0, 0.1) is 13.8 Å². The number of aryl methyl sites for hydroxylation is 1. The number of hydrogen-bond acceptors (Lipinski definition) is 5. The van der Waals surface area contributed by atoms with Gasteiger partial charge >= 0.3 is 0 Å². The number of aromatic nitrogens is 1. The molecule has 1 aromatic carbocycles. The van der Waals surface area contributed by atoms with Gasteiger partial charge in [-0.1, -0.05) is 35.5 Å². The lowest BCUT2D eigenvalue weighted by atomic mass is 10.2. The number of benzene rings is 1. The van der Waals surface area contributed by atoms with Gasteiger partial charge in [-0.25, -0.2) is 5.01 Å². The molecule has 0 aliphatic rings. The molecule has 0 spiro atoms. The SMILES string of the molecule is Cc1onc(C(=O)NN(C[C]=O)C(=O)C=Cc2ccccc2)c1C. The summed E-state index contributed by atoms with van der Waals surface area (Å²) < 4.78 is 4.92. The van der Waals surface area contributed by atoms with E-state index in [9.17, 15) is 14.4 Å². The topological polar surface area (TPSA) is 92.5 Å². The van der Waals surface area contributed by atoms with Gasteiger partial charge in [0.2, 0.25) is 6.29 Å². The van der Waals surface area contributed by atoms with Gasteiger partial charge in [0, 0.05) is 11.6 Å². The third-order valence-electron chi connectivity index (χ3n) is 3.32. The molecule has 0 fully saturated rings. The second-order valence-corrected chi connectivity index (χ2v) is 4.97. The van der Waals surface area contributed by atoms with E-state index in [1.165, 1.54) is 6.08 Å². The van der Waals surface area contributed by atoms with E-state index in [1.54, 1.807) is 26.2 Å². The minimum atomic E-state index is -0.638. The van der Waals surface area contributed by atoms with Gasteiger partial charge in [0.1, 0.15) is 12.3 Å². The number of hydrogen-bond donors (Lipinski definition) is 1. The molecule has 7 heteroatoms. The van der Waals surface area contributed by atoms with Crippen LogP contribution >= 0.6 is 0 Å². The smallest absolute Gasteiger partial charge is 0.292 e. The van der Waals surface area contributed by atoms with Crippen LogP contribution in [-0.4, -0.2) is 34.8 Å². The van der Waals surface area contributed by atoms with Crippen molar-refractivity contribution >= 4 is 24.2 Å². The number of carbonyl (C=O) groups is 2. The van der Waals surface area contributed by atoms with Gasteiger partial charge < -0.3 is 4.52 Å². The zero-order chi connectivity index (χ0) is 17.5. The Labute approximate surface area is 138 Å². The Morgan fingerprint density at radius 2 is 2.00 bits per heavy atom. The zero-order valence-corrected chi connectivity index (χ0v) is 13.3. The molecule has 24 heavy (non-hydrogen) atoms.